The van der Waals surface area contributed by atoms with Crippen LogP contribution in [0.3, 0.4) is 0 Å². The molecule has 6 heteroatoms. The van der Waals surface area contributed by atoms with Gasteiger partial charge in [-0.15, -0.1) is 0 Å². The summed E-state index contributed by atoms with van der Waals surface area (Å²) >= 11 is 9.79. The van der Waals surface area contributed by atoms with Crippen LogP contribution in [0.2, 0.25) is 0 Å². The van der Waals surface area contributed by atoms with E-state index in [-0.39, 0.29) is 29.6 Å². The third-order valence-electron chi connectivity index (χ3n) is 1.72. The smallest absolute Gasteiger partial charge is 0.411 e. The van der Waals surface area contributed by atoms with Crippen LogP contribution in [0, 0.1) is 0 Å². The minimum absolute atomic E-state index is 0. The molecule has 0 bridgehead atoms. The first kappa shape index (κ1) is 18.4. The Balaban J connectivity index is 0. The number of rotatable bonds is 8. The maximum Gasteiger partial charge on any atom is 1.00 e. The van der Waals surface area contributed by atoms with E-state index >= 15 is 0 Å². The van der Waals surface area contributed by atoms with Gasteiger partial charge in [-0.25, -0.2) is 0 Å². The molecule has 0 aromatic heterocycles. The molecule has 0 N–H and O–H groups in total. The molecule has 0 radical (unpaired) electrons. The van der Waals surface area contributed by atoms with Gasteiger partial charge in [-0.2, -0.15) is 0 Å². The first-order chi connectivity index (χ1) is 6.72. The summed E-state index contributed by atoms with van der Waals surface area (Å²) in [4.78, 5) is 1.94. The first-order valence-electron chi connectivity index (χ1n) is 4.83. The molecular weight excluding hydrogens is 241 g/mol. The Morgan fingerprint density at radius 3 is 2.27 bits per heavy atom. The molecule has 0 aromatic rings. The van der Waals surface area contributed by atoms with E-state index in [1.165, 1.54) is 0 Å². The summed E-state index contributed by atoms with van der Waals surface area (Å²) in [5.41, 5.74) is 0. The Labute approximate surface area is 126 Å². The molecular formula is C9H18NNaO2S2. The molecule has 0 saturated heterocycles. The first-order valence-corrected chi connectivity index (χ1v) is 5.65. The van der Waals surface area contributed by atoms with Crippen LogP contribution >= 0.6 is 12.2 Å². The van der Waals surface area contributed by atoms with Gasteiger partial charge in [-0.05, 0) is 13.8 Å². The monoisotopic (exact) mass is 259 g/mol. The number of hydrogen-bond acceptors (Lipinski definition) is 4. The van der Waals surface area contributed by atoms with E-state index in [9.17, 15) is 0 Å². The number of hydrogen-bond donors (Lipinski definition) is 0. The fourth-order valence-corrected chi connectivity index (χ4v) is 1.36. The maximum absolute atomic E-state index is 5.35. The van der Waals surface area contributed by atoms with Crippen molar-refractivity contribution in [3.8, 4) is 0 Å². The van der Waals surface area contributed by atoms with E-state index in [0.29, 0.717) is 24.1 Å². The average molecular weight is 259 g/mol. The second kappa shape index (κ2) is 13.1. The van der Waals surface area contributed by atoms with Crippen LogP contribution in [0.1, 0.15) is 13.8 Å². The van der Waals surface area contributed by atoms with E-state index in [2.05, 4.69) is 0 Å². The van der Waals surface area contributed by atoms with Crippen LogP contribution in [0.5, 0.6) is 0 Å². The second-order valence-electron chi connectivity index (χ2n) is 2.65. The van der Waals surface area contributed by atoms with Gasteiger partial charge in [0.05, 0.1) is 19.8 Å². The molecule has 0 unspecified atom stereocenters. The van der Waals surface area contributed by atoms with E-state index in [1.54, 1.807) is 0 Å². The van der Waals surface area contributed by atoms with Crippen molar-refractivity contribution in [1.82, 2.24) is 4.90 Å². The molecule has 0 aliphatic heterocycles. The van der Waals surface area contributed by atoms with Gasteiger partial charge < -0.3 is 39.2 Å². The Kier molecular flexibility index (Phi) is 16.1. The van der Waals surface area contributed by atoms with Gasteiger partial charge in [-0.1, -0.05) is 4.32 Å². The molecule has 0 heterocycles. The van der Waals surface area contributed by atoms with Crippen molar-refractivity contribution in [3.63, 3.8) is 0 Å². The summed E-state index contributed by atoms with van der Waals surface area (Å²) in [6, 6.07) is 0. The zero-order chi connectivity index (χ0) is 10.8. The molecule has 0 aromatic carbocycles. The maximum atomic E-state index is 5.35. The molecule has 0 aliphatic carbocycles. The molecule has 0 aliphatic rings. The van der Waals surface area contributed by atoms with Crippen molar-refractivity contribution < 1.29 is 39.0 Å². The van der Waals surface area contributed by atoms with Gasteiger partial charge >= 0.3 is 29.6 Å². The van der Waals surface area contributed by atoms with Crippen LogP contribution in [-0.4, -0.2) is 48.7 Å². The summed E-state index contributed by atoms with van der Waals surface area (Å²) < 4.78 is 11.0. The molecule has 0 spiro atoms. The quantitative estimate of drug-likeness (QED) is 0.221. The Morgan fingerprint density at radius 1 is 1.20 bits per heavy atom. The van der Waals surface area contributed by atoms with Crippen molar-refractivity contribution in [1.29, 1.82) is 0 Å². The predicted octanol–water partition coefficient (Wildman–Crippen LogP) is -1.80. The fraction of sp³-hybridized carbons (Fsp3) is 0.889. The third kappa shape index (κ3) is 11.3. The summed E-state index contributed by atoms with van der Waals surface area (Å²) in [6.07, 6.45) is 0. The van der Waals surface area contributed by atoms with Gasteiger partial charge in [0.2, 0.25) is 0 Å². The third-order valence-corrected chi connectivity index (χ3v) is 2.24. The normalized spacial score (nSPS) is 9.47. The average Bonchev–Trinajstić information content (AvgIpc) is 2.16. The van der Waals surface area contributed by atoms with Gasteiger partial charge in [-0.3, -0.25) is 0 Å². The standard InChI is InChI=1S/C9H19NO2S2.Na/c1-3-10(9(13)14)5-6-12-8-7-11-4-2;/h3-8H2,1-2H3,(H,13,14);/q;+1/p-1. The summed E-state index contributed by atoms with van der Waals surface area (Å²) in [5, 5.41) is 0. The van der Waals surface area contributed by atoms with Crippen LogP contribution in [0.25, 0.3) is 0 Å². The van der Waals surface area contributed by atoms with Crippen LogP contribution < -0.4 is 29.6 Å². The summed E-state index contributed by atoms with van der Waals surface area (Å²) in [7, 11) is 0. The minimum atomic E-state index is 0. The Bertz CT molecular complexity index is 161. The largest absolute Gasteiger partial charge is 1.00 e. The molecule has 0 saturated carbocycles. The van der Waals surface area contributed by atoms with Crippen LogP contribution in [0.15, 0.2) is 0 Å². The molecule has 0 fully saturated rings. The molecule has 3 nitrogen and oxygen atoms in total. The topological polar surface area (TPSA) is 21.7 Å². The van der Waals surface area contributed by atoms with Gasteiger partial charge in [0.25, 0.3) is 0 Å². The minimum Gasteiger partial charge on any atom is -0.411 e. The summed E-state index contributed by atoms with van der Waals surface area (Å²) in [5.74, 6) is 0. The van der Waals surface area contributed by atoms with E-state index < -0.39 is 0 Å². The van der Waals surface area contributed by atoms with Crippen molar-refractivity contribution in [2.75, 3.05) is 39.5 Å². The van der Waals surface area contributed by atoms with Crippen molar-refractivity contribution in [2.45, 2.75) is 13.8 Å². The number of thiocarbonyl (C=S) groups is 1. The number of likely N-dealkylation sites (N-methyl/N-ethyl adjacent to an activating group) is 1. The zero-order valence-corrected chi connectivity index (χ0v) is 13.5. The van der Waals surface area contributed by atoms with E-state index in [1.807, 2.05) is 18.7 Å². The van der Waals surface area contributed by atoms with Crippen molar-refractivity contribution >= 4 is 29.2 Å². The van der Waals surface area contributed by atoms with E-state index in [0.717, 1.165) is 19.7 Å². The predicted molar refractivity (Wildman–Crippen MR) is 64.5 cm³/mol. The molecule has 0 rings (SSSR count). The van der Waals surface area contributed by atoms with Crippen molar-refractivity contribution in [2.24, 2.45) is 0 Å². The fourth-order valence-electron chi connectivity index (χ4n) is 0.917. The van der Waals surface area contributed by atoms with Gasteiger partial charge in [0.15, 0.2) is 0 Å². The molecule has 84 valence electrons. The van der Waals surface area contributed by atoms with Gasteiger partial charge in [0.1, 0.15) is 0 Å². The van der Waals surface area contributed by atoms with Gasteiger partial charge in [0, 0.05) is 19.7 Å². The SMILES string of the molecule is CCOCCOCCN(CC)C(=S)[S-].[Na+]. The number of ether oxygens (including phenoxy) is 2. The zero-order valence-electron chi connectivity index (χ0n) is 9.82. The van der Waals surface area contributed by atoms with E-state index in [4.69, 9.17) is 34.3 Å². The van der Waals surface area contributed by atoms with Crippen LogP contribution in [-0.2, 0) is 22.1 Å². The second-order valence-corrected chi connectivity index (χ2v) is 3.69. The number of nitrogens with zero attached hydrogens (tertiary/aromatic N) is 1. The Morgan fingerprint density at radius 2 is 1.80 bits per heavy atom. The molecule has 0 amide bonds. The molecule has 15 heavy (non-hydrogen) atoms. The summed E-state index contributed by atoms with van der Waals surface area (Å²) in [6.45, 7) is 8.28. The Hall–Kier alpha value is 1.03. The molecule has 0 atom stereocenters. The van der Waals surface area contributed by atoms with Crippen molar-refractivity contribution in [3.05, 3.63) is 0 Å². The van der Waals surface area contributed by atoms with Crippen LogP contribution in [0.4, 0.5) is 0 Å².